The Balaban J connectivity index is 4.52. The lowest BCUT2D eigenvalue weighted by Gasteiger charge is -2.18. The van der Waals surface area contributed by atoms with Crippen LogP contribution in [0.15, 0.2) is 97.2 Å². The summed E-state index contributed by atoms with van der Waals surface area (Å²) in [5.41, 5.74) is 0. The zero-order valence-electron chi connectivity index (χ0n) is 40.8. The van der Waals surface area contributed by atoms with Gasteiger partial charge < -0.3 is 14.2 Å². The van der Waals surface area contributed by atoms with E-state index in [0.29, 0.717) is 19.3 Å². The van der Waals surface area contributed by atoms with Crippen molar-refractivity contribution in [3.05, 3.63) is 97.2 Å². The highest BCUT2D eigenvalue weighted by Crippen LogP contribution is 2.15. The standard InChI is InChI=1S/C57H94O6/c1-4-7-10-13-16-19-22-25-28-31-34-37-40-43-46-49-55(58)61-52-54(63-57(60)51-48-45-42-39-36-33-30-27-24-21-18-15-12-9-6-3)53-62-56(59)50-47-44-41-38-35-32-29-26-23-20-17-14-11-8-5-2/h7-8,10-11,16-17,19-20,25-26,28-29,34-35,37-38,54H,4-6,9,12-15,18,21-24,27,30-33,36,39-53H2,1-3H3/b10-7-,11-8-,19-16-,20-17-,28-25-,29-26-,37-34-,38-35-. The fourth-order valence-electron chi connectivity index (χ4n) is 6.78. The molecule has 0 aromatic heterocycles. The molecule has 0 aliphatic heterocycles. The van der Waals surface area contributed by atoms with Crippen LogP contribution in [0.2, 0.25) is 0 Å². The molecule has 63 heavy (non-hydrogen) atoms. The summed E-state index contributed by atoms with van der Waals surface area (Å²) in [6.45, 7) is 6.33. The van der Waals surface area contributed by atoms with Gasteiger partial charge in [-0.05, 0) is 96.3 Å². The van der Waals surface area contributed by atoms with Gasteiger partial charge in [0.05, 0.1) is 0 Å². The van der Waals surface area contributed by atoms with Crippen LogP contribution in [0, 0.1) is 0 Å². The average molecular weight is 875 g/mol. The zero-order valence-corrected chi connectivity index (χ0v) is 40.8. The van der Waals surface area contributed by atoms with Gasteiger partial charge in [-0.2, -0.15) is 0 Å². The van der Waals surface area contributed by atoms with E-state index in [0.717, 1.165) is 109 Å². The van der Waals surface area contributed by atoms with Crippen molar-refractivity contribution in [3.63, 3.8) is 0 Å². The van der Waals surface area contributed by atoms with Gasteiger partial charge in [0.1, 0.15) is 13.2 Å². The molecule has 0 N–H and O–H groups in total. The lowest BCUT2D eigenvalue weighted by Crippen LogP contribution is -2.30. The molecule has 0 unspecified atom stereocenters. The number of unbranched alkanes of at least 4 members (excludes halogenated alkanes) is 18. The number of esters is 3. The molecule has 0 amide bonds. The second-order valence-electron chi connectivity index (χ2n) is 16.7. The van der Waals surface area contributed by atoms with Crippen molar-refractivity contribution in [2.75, 3.05) is 13.2 Å². The van der Waals surface area contributed by atoms with Crippen molar-refractivity contribution >= 4 is 17.9 Å². The first kappa shape index (κ1) is 59.3. The van der Waals surface area contributed by atoms with Gasteiger partial charge in [-0.1, -0.05) is 208 Å². The number of hydrogen-bond acceptors (Lipinski definition) is 6. The first-order valence-electron chi connectivity index (χ1n) is 25.7. The molecule has 0 saturated carbocycles. The lowest BCUT2D eigenvalue weighted by atomic mass is 10.0. The molecular formula is C57H94O6. The van der Waals surface area contributed by atoms with E-state index in [-0.39, 0.29) is 31.1 Å². The third kappa shape index (κ3) is 49.2. The summed E-state index contributed by atoms with van der Waals surface area (Å²) in [5, 5.41) is 0. The molecule has 0 heterocycles. The number of rotatable bonds is 45. The second kappa shape index (κ2) is 51.0. The first-order valence-corrected chi connectivity index (χ1v) is 25.7. The monoisotopic (exact) mass is 875 g/mol. The van der Waals surface area contributed by atoms with Crippen molar-refractivity contribution in [1.29, 1.82) is 0 Å². The molecule has 6 nitrogen and oxygen atoms in total. The zero-order chi connectivity index (χ0) is 45.8. The van der Waals surface area contributed by atoms with Gasteiger partial charge in [0.2, 0.25) is 0 Å². The second-order valence-corrected chi connectivity index (χ2v) is 16.7. The maximum atomic E-state index is 12.8. The lowest BCUT2D eigenvalue weighted by molar-refractivity contribution is -0.167. The van der Waals surface area contributed by atoms with Crippen LogP contribution in [0.4, 0.5) is 0 Å². The maximum absolute atomic E-state index is 12.8. The van der Waals surface area contributed by atoms with E-state index < -0.39 is 6.10 Å². The highest BCUT2D eigenvalue weighted by molar-refractivity contribution is 5.71. The SMILES string of the molecule is CC/C=C\C/C=C\C/C=C\C/C=C\CCCCC(=O)OCC(COC(=O)CCCC/C=C\C/C=C\C/C=C\C/C=C\CC)OC(=O)CCCCCCCCCCCCCCCCC. The Morgan fingerprint density at radius 1 is 0.333 bits per heavy atom. The van der Waals surface area contributed by atoms with E-state index in [4.69, 9.17) is 14.2 Å². The van der Waals surface area contributed by atoms with Gasteiger partial charge in [0.25, 0.3) is 0 Å². The average Bonchev–Trinajstić information content (AvgIpc) is 3.28. The summed E-state index contributed by atoms with van der Waals surface area (Å²) in [5.74, 6) is -0.991. The molecule has 0 bridgehead atoms. The van der Waals surface area contributed by atoms with E-state index in [1.165, 1.54) is 77.0 Å². The minimum atomic E-state index is -0.810. The van der Waals surface area contributed by atoms with E-state index >= 15 is 0 Å². The summed E-state index contributed by atoms with van der Waals surface area (Å²) in [6, 6.07) is 0. The number of hydrogen-bond donors (Lipinski definition) is 0. The predicted molar refractivity (Wildman–Crippen MR) is 270 cm³/mol. The van der Waals surface area contributed by atoms with Crippen LogP contribution < -0.4 is 0 Å². The molecule has 0 spiro atoms. The Morgan fingerprint density at radius 3 is 0.968 bits per heavy atom. The van der Waals surface area contributed by atoms with Gasteiger partial charge in [-0.15, -0.1) is 0 Å². The molecule has 0 fully saturated rings. The molecular weight excluding hydrogens is 781 g/mol. The summed E-state index contributed by atoms with van der Waals surface area (Å²) < 4.78 is 16.7. The van der Waals surface area contributed by atoms with E-state index in [2.05, 4.69) is 118 Å². The Morgan fingerprint density at radius 2 is 0.619 bits per heavy atom. The Hall–Kier alpha value is -3.67. The van der Waals surface area contributed by atoms with E-state index in [1.54, 1.807) is 0 Å². The van der Waals surface area contributed by atoms with Crippen molar-refractivity contribution in [3.8, 4) is 0 Å². The van der Waals surface area contributed by atoms with Gasteiger partial charge in [0, 0.05) is 19.3 Å². The van der Waals surface area contributed by atoms with Gasteiger partial charge in [-0.25, -0.2) is 0 Å². The number of allylic oxidation sites excluding steroid dienone is 16. The number of carbonyl (C=O) groups is 3. The molecule has 0 rings (SSSR count). The van der Waals surface area contributed by atoms with Crippen LogP contribution in [0.3, 0.4) is 0 Å². The van der Waals surface area contributed by atoms with Crippen LogP contribution in [0.1, 0.15) is 226 Å². The fourth-order valence-corrected chi connectivity index (χ4v) is 6.78. The first-order chi connectivity index (χ1) is 31.0. The van der Waals surface area contributed by atoms with Crippen LogP contribution in [0.5, 0.6) is 0 Å². The fraction of sp³-hybridized carbons (Fsp3) is 0.667. The van der Waals surface area contributed by atoms with Gasteiger partial charge in [-0.3, -0.25) is 14.4 Å². The summed E-state index contributed by atoms with van der Waals surface area (Å²) >= 11 is 0. The molecule has 0 aromatic rings. The third-order valence-electron chi connectivity index (χ3n) is 10.6. The van der Waals surface area contributed by atoms with Crippen molar-refractivity contribution in [1.82, 2.24) is 0 Å². The van der Waals surface area contributed by atoms with E-state index in [9.17, 15) is 14.4 Å². The van der Waals surface area contributed by atoms with Crippen molar-refractivity contribution in [2.45, 2.75) is 232 Å². The molecule has 0 radical (unpaired) electrons. The largest absolute Gasteiger partial charge is 0.462 e. The van der Waals surface area contributed by atoms with E-state index in [1.807, 2.05) is 0 Å². The van der Waals surface area contributed by atoms with Gasteiger partial charge >= 0.3 is 17.9 Å². The Bertz CT molecular complexity index is 1210. The molecule has 358 valence electrons. The number of ether oxygens (including phenoxy) is 3. The summed E-state index contributed by atoms with van der Waals surface area (Å²) in [6.07, 6.45) is 66.8. The molecule has 0 aliphatic rings. The van der Waals surface area contributed by atoms with Gasteiger partial charge in [0.15, 0.2) is 6.10 Å². The van der Waals surface area contributed by atoms with Crippen molar-refractivity contribution < 1.29 is 28.6 Å². The smallest absolute Gasteiger partial charge is 0.306 e. The number of carbonyl (C=O) groups excluding carboxylic acids is 3. The molecule has 6 heteroatoms. The maximum Gasteiger partial charge on any atom is 0.306 e. The minimum Gasteiger partial charge on any atom is -0.462 e. The molecule has 0 aliphatic carbocycles. The Labute approximate surface area is 387 Å². The van der Waals surface area contributed by atoms with Crippen molar-refractivity contribution in [2.24, 2.45) is 0 Å². The normalized spacial score (nSPS) is 12.4. The highest BCUT2D eigenvalue weighted by Gasteiger charge is 2.19. The Kier molecular flexibility index (Phi) is 48.0. The quantitative estimate of drug-likeness (QED) is 0.0262. The van der Waals surface area contributed by atoms with Crippen LogP contribution >= 0.6 is 0 Å². The summed E-state index contributed by atoms with van der Waals surface area (Å²) in [4.78, 5) is 38.0. The molecule has 0 atom stereocenters. The van der Waals surface area contributed by atoms with Crippen LogP contribution in [-0.4, -0.2) is 37.2 Å². The third-order valence-corrected chi connectivity index (χ3v) is 10.6. The summed E-state index contributed by atoms with van der Waals surface area (Å²) in [7, 11) is 0. The molecule has 0 aromatic carbocycles. The predicted octanol–water partition coefficient (Wildman–Crippen LogP) is 17.0. The van der Waals surface area contributed by atoms with Crippen LogP contribution in [-0.2, 0) is 28.6 Å². The topological polar surface area (TPSA) is 78.9 Å². The van der Waals surface area contributed by atoms with Crippen LogP contribution in [0.25, 0.3) is 0 Å². The minimum absolute atomic E-state index is 0.112. The molecule has 0 saturated heterocycles. The highest BCUT2D eigenvalue weighted by atomic mass is 16.6.